The van der Waals surface area contributed by atoms with Crippen molar-refractivity contribution in [3.8, 4) is 11.4 Å². The van der Waals surface area contributed by atoms with Crippen LogP contribution in [0.15, 0.2) is 29.1 Å². The van der Waals surface area contributed by atoms with E-state index in [0.29, 0.717) is 18.3 Å². The molecule has 2 N–H and O–H groups in total. The third kappa shape index (κ3) is 3.51. The van der Waals surface area contributed by atoms with E-state index in [9.17, 15) is 4.79 Å². The van der Waals surface area contributed by atoms with Crippen LogP contribution in [0.1, 0.15) is 32.8 Å². The molecule has 0 atom stereocenters. The highest BCUT2D eigenvalue weighted by atomic mass is 16.1. The first-order chi connectivity index (χ1) is 10.7. The summed E-state index contributed by atoms with van der Waals surface area (Å²) in [6, 6.07) is 8.02. The van der Waals surface area contributed by atoms with E-state index in [2.05, 4.69) is 40.7 Å². The number of aromatic nitrogens is 3. The van der Waals surface area contributed by atoms with Crippen molar-refractivity contribution in [1.82, 2.24) is 20.0 Å². The zero-order chi connectivity index (χ0) is 15.9. The van der Waals surface area contributed by atoms with Crippen molar-refractivity contribution in [1.29, 1.82) is 0 Å². The van der Waals surface area contributed by atoms with Gasteiger partial charge in [0, 0.05) is 18.7 Å². The van der Waals surface area contributed by atoms with Crippen molar-refractivity contribution in [3.63, 3.8) is 0 Å². The minimum Gasteiger partial charge on any atom is -0.289 e. The van der Waals surface area contributed by atoms with Gasteiger partial charge in [-0.1, -0.05) is 38.1 Å². The fourth-order valence-corrected chi connectivity index (χ4v) is 2.29. The monoisotopic (exact) mass is 301 g/mol. The fraction of sp³-hybridized carbons (Fsp3) is 0.438. The first-order valence-corrected chi connectivity index (χ1v) is 7.77. The quantitative estimate of drug-likeness (QED) is 0.606. The summed E-state index contributed by atoms with van der Waals surface area (Å²) < 4.78 is 1.60. The Labute approximate surface area is 130 Å². The maximum atomic E-state index is 12.2. The zero-order valence-electron chi connectivity index (χ0n) is 13.4. The van der Waals surface area contributed by atoms with Crippen molar-refractivity contribution in [2.45, 2.75) is 40.2 Å². The molecule has 22 heavy (non-hydrogen) atoms. The smallest absolute Gasteiger partial charge is 0.289 e. The van der Waals surface area contributed by atoms with Gasteiger partial charge in [0.1, 0.15) is 5.82 Å². The third-order valence-electron chi connectivity index (χ3n) is 3.43. The second kappa shape index (κ2) is 7.70. The largest absolute Gasteiger partial charge is 0.352 e. The standard InChI is InChI=1S/C16H23N5O/c1-4-11-17-20-15-18-14(21(6-3)16(22)19-15)13-10-8-7-9-12(13)5-2/h7-10,17H,4-6,11H2,1-3H3,(H,19,20,22). The lowest BCUT2D eigenvalue weighted by Gasteiger charge is -2.14. The van der Waals surface area contributed by atoms with E-state index in [1.807, 2.05) is 25.1 Å². The summed E-state index contributed by atoms with van der Waals surface area (Å²) in [7, 11) is 0. The van der Waals surface area contributed by atoms with Crippen LogP contribution in [0.25, 0.3) is 11.4 Å². The van der Waals surface area contributed by atoms with Crippen LogP contribution >= 0.6 is 0 Å². The van der Waals surface area contributed by atoms with E-state index in [4.69, 9.17) is 0 Å². The van der Waals surface area contributed by atoms with Crippen molar-refractivity contribution in [2.75, 3.05) is 12.0 Å². The van der Waals surface area contributed by atoms with E-state index < -0.39 is 0 Å². The lowest BCUT2D eigenvalue weighted by Crippen LogP contribution is -2.30. The molecule has 0 amide bonds. The van der Waals surface area contributed by atoms with Gasteiger partial charge in [0.2, 0.25) is 5.95 Å². The minimum atomic E-state index is -0.292. The molecule has 0 unspecified atom stereocenters. The number of hydrogen-bond acceptors (Lipinski definition) is 5. The fourth-order valence-electron chi connectivity index (χ4n) is 2.29. The number of benzene rings is 1. The van der Waals surface area contributed by atoms with Crippen molar-refractivity contribution in [2.24, 2.45) is 0 Å². The summed E-state index contributed by atoms with van der Waals surface area (Å²) in [5, 5.41) is 0. The van der Waals surface area contributed by atoms with Crippen LogP contribution < -0.4 is 16.5 Å². The normalized spacial score (nSPS) is 10.7. The first-order valence-electron chi connectivity index (χ1n) is 7.77. The van der Waals surface area contributed by atoms with Gasteiger partial charge < -0.3 is 0 Å². The number of aryl methyl sites for hydroxylation is 1. The predicted molar refractivity (Wildman–Crippen MR) is 88.7 cm³/mol. The van der Waals surface area contributed by atoms with Crippen LogP contribution in [0, 0.1) is 0 Å². The Morgan fingerprint density at radius 3 is 2.59 bits per heavy atom. The second-order valence-corrected chi connectivity index (χ2v) is 4.96. The minimum absolute atomic E-state index is 0.292. The number of hydrogen-bond donors (Lipinski definition) is 2. The van der Waals surface area contributed by atoms with Gasteiger partial charge in [0.15, 0.2) is 0 Å². The lowest BCUT2D eigenvalue weighted by molar-refractivity contribution is 0.676. The van der Waals surface area contributed by atoms with Crippen LogP contribution in [0.5, 0.6) is 0 Å². The molecule has 0 bridgehead atoms. The van der Waals surface area contributed by atoms with E-state index in [0.717, 1.165) is 30.5 Å². The molecule has 118 valence electrons. The number of nitrogens with zero attached hydrogens (tertiary/aromatic N) is 3. The molecule has 1 heterocycles. The molecule has 0 aliphatic rings. The highest BCUT2D eigenvalue weighted by molar-refractivity contribution is 5.61. The Hall–Kier alpha value is -2.21. The maximum Gasteiger partial charge on any atom is 0.352 e. The number of hydrazine groups is 1. The Kier molecular flexibility index (Phi) is 5.66. The van der Waals surface area contributed by atoms with Gasteiger partial charge >= 0.3 is 5.69 Å². The summed E-state index contributed by atoms with van der Waals surface area (Å²) in [6.07, 6.45) is 1.86. The molecule has 0 spiro atoms. The van der Waals surface area contributed by atoms with Crippen LogP contribution in [-0.4, -0.2) is 21.1 Å². The van der Waals surface area contributed by atoms with E-state index in [1.165, 1.54) is 0 Å². The molecule has 1 aromatic heterocycles. The van der Waals surface area contributed by atoms with Gasteiger partial charge in [0.05, 0.1) is 0 Å². The Bertz CT molecular complexity index is 680. The van der Waals surface area contributed by atoms with Gasteiger partial charge in [-0.2, -0.15) is 9.97 Å². The number of nitrogens with one attached hydrogen (secondary N) is 2. The molecule has 2 aromatic rings. The van der Waals surface area contributed by atoms with E-state index in [1.54, 1.807) is 4.57 Å². The van der Waals surface area contributed by atoms with Crippen molar-refractivity contribution < 1.29 is 0 Å². The average Bonchev–Trinajstić information content (AvgIpc) is 2.54. The SMILES string of the molecule is CCCNNc1nc(-c2ccccc2CC)n(CC)c(=O)n1. The third-order valence-corrected chi connectivity index (χ3v) is 3.43. The van der Waals surface area contributed by atoms with Crippen LogP contribution in [0.3, 0.4) is 0 Å². The average molecular weight is 301 g/mol. The van der Waals surface area contributed by atoms with E-state index >= 15 is 0 Å². The molecular weight excluding hydrogens is 278 g/mol. The van der Waals surface area contributed by atoms with Gasteiger partial charge in [-0.05, 0) is 25.3 Å². The molecule has 0 saturated carbocycles. The highest BCUT2D eigenvalue weighted by Crippen LogP contribution is 2.22. The highest BCUT2D eigenvalue weighted by Gasteiger charge is 2.13. The molecule has 1 aromatic carbocycles. The summed E-state index contributed by atoms with van der Waals surface area (Å²) in [6.45, 7) is 7.39. The van der Waals surface area contributed by atoms with Gasteiger partial charge in [-0.3, -0.25) is 9.99 Å². The zero-order valence-corrected chi connectivity index (χ0v) is 13.4. The van der Waals surface area contributed by atoms with Crippen LogP contribution in [-0.2, 0) is 13.0 Å². The lowest BCUT2D eigenvalue weighted by atomic mass is 10.0. The maximum absolute atomic E-state index is 12.2. The molecule has 0 aliphatic heterocycles. The first kappa shape index (κ1) is 16.2. The number of anilines is 1. The molecule has 2 rings (SSSR count). The molecule has 6 heteroatoms. The topological polar surface area (TPSA) is 71.8 Å². The molecular formula is C16H23N5O. The van der Waals surface area contributed by atoms with Crippen LogP contribution in [0.2, 0.25) is 0 Å². The molecule has 0 fully saturated rings. The molecule has 6 nitrogen and oxygen atoms in total. The summed E-state index contributed by atoms with van der Waals surface area (Å²) in [5.41, 5.74) is 7.75. The number of rotatable bonds is 7. The van der Waals surface area contributed by atoms with Gasteiger partial charge in [-0.25, -0.2) is 10.2 Å². The van der Waals surface area contributed by atoms with Crippen molar-refractivity contribution >= 4 is 5.95 Å². The van der Waals surface area contributed by atoms with Crippen molar-refractivity contribution in [3.05, 3.63) is 40.3 Å². The summed E-state index contributed by atoms with van der Waals surface area (Å²) >= 11 is 0. The molecule has 0 saturated heterocycles. The van der Waals surface area contributed by atoms with Crippen LogP contribution in [0.4, 0.5) is 5.95 Å². The Balaban J connectivity index is 2.50. The summed E-state index contributed by atoms with van der Waals surface area (Å²) in [4.78, 5) is 20.8. The van der Waals surface area contributed by atoms with E-state index in [-0.39, 0.29) is 5.69 Å². The Morgan fingerprint density at radius 2 is 1.91 bits per heavy atom. The molecule has 0 aliphatic carbocycles. The van der Waals surface area contributed by atoms with Gasteiger partial charge in [0.25, 0.3) is 0 Å². The summed E-state index contributed by atoms with van der Waals surface area (Å²) in [5.74, 6) is 0.963. The second-order valence-electron chi connectivity index (χ2n) is 4.96. The molecule has 0 radical (unpaired) electrons. The van der Waals surface area contributed by atoms with Gasteiger partial charge in [-0.15, -0.1) is 0 Å². The predicted octanol–water partition coefficient (Wildman–Crippen LogP) is 2.21. The Morgan fingerprint density at radius 1 is 1.14 bits per heavy atom.